The summed E-state index contributed by atoms with van der Waals surface area (Å²) < 4.78 is 2.29. The molecule has 27 heavy (non-hydrogen) atoms. The first-order chi connectivity index (χ1) is 13.1. The van der Waals surface area contributed by atoms with Crippen LogP contribution in [-0.2, 0) is 19.6 Å². The summed E-state index contributed by atoms with van der Waals surface area (Å²) in [5.41, 5.74) is 1.21. The Balaban J connectivity index is 1.48. The van der Waals surface area contributed by atoms with Gasteiger partial charge in [-0.2, -0.15) is 0 Å². The number of hydrogen-bond acceptors (Lipinski definition) is 6. The maximum Gasteiger partial charge on any atom is 0.150 e. The molecule has 4 heterocycles. The van der Waals surface area contributed by atoms with Crippen molar-refractivity contribution in [2.24, 2.45) is 5.92 Å². The number of aliphatic hydroxyl groups excluding tert-OH is 1. The summed E-state index contributed by atoms with van der Waals surface area (Å²) in [7, 11) is 0. The van der Waals surface area contributed by atoms with Crippen molar-refractivity contribution >= 4 is 0 Å². The van der Waals surface area contributed by atoms with E-state index in [1.807, 2.05) is 24.5 Å². The van der Waals surface area contributed by atoms with E-state index in [1.165, 1.54) is 12.0 Å². The predicted octanol–water partition coefficient (Wildman–Crippen LogP) is 1.84. The summed E-state index contributed by atoms with van der Waals surface area (Å²) in [6, 6.07) is 4.19. The van der Waals surface area contributed by atoms with Crippen molar-refractivity contribution in [2.45, 2.75) is 58.5 Å². The van der Waals surface area contributed by atoms with Gasteiger partial charge in [0.25, 0.3) is 0 Å². The van der Waals surface area contributed by atoms with E-state index in [2.05, 4.69) is 43.4 Å². The van der Waals surface area contributed by atoms with Crippen LogP contribution >= 0.6 is 0 Å². The predicted molar refractivity (Wildman–Crippen MR) is 103 cm³/mol. The van der Waals surface area contributed by atoms with Crippen LogP contribution in [0.4, 0.5) is 0 Å². The van der Waals surface area contributed by atoms with Gasteiger partial charge < -0.3 is 9.67 Å². The SMILES string of the molecule is CC(C)CCN1CCn2c(nnc2[C@@H]2C[C@@H](O)CN2Cc2ccncc2)C1. The van der Waals surface area contributed by atoms with Gasteiger partial charge in [-0.3, -0.25) is 14.8 Å². The number of pyridine rings is 1. The second-order valence-corrected chi connectivity index (χ2v) is 8.27. The van der Waals surface area contributed by atoms with Crippen LogP contribution < -0.4 is 0 Å². The molecule has 4 rings (SSSR count). The molecule has 7 heteroatoms. The number of nitrogens with zero attached hydrogens (tertiary/aromatic N) is 6. The fourth-order valence-electron chi connectivity index (χ4n) is 4.15. The van der Waals surface area contributed by atoms with Crippen LogP contribution in [0.2, 0.25) is 0 Å². The Morgan fingerprint density at radius 1 is 1.19 bits per heavy atom. The molecule has 146 valence electrons. The molecular weight excluding hydrogens is 340 g/mol. The topological polar surface area (TPSA) is 70.3 Å². The fourth-order valence-corrected chi connectivity index (χ4v) is 4.15. The lowest BCUT2D eigenvalue weighted by atomic mass is 10.1. The first kappa shape index (κ1) is 18.5. The Morgan fingerprint density at radius 3 is 2.78 bits per heavy atom. The van der Waals surface area contributed by atoms with Crippen molar-refractivity contribution in [2.75, 3.05) is 19.6 Å². The summed E-state index contributed by atoms with van der Waals surface area (Å²) in [4.78, 5) is 8.90. The molecule has 1 saturated heterocycles. The van der Waals surface area contributed by atoms with Gasteiger partial charge in [0.2, 0.25) is 0 Å². The number of aromatic nitrogens is 4. The summed E-state index contributed by atoms with van der Waals surface area (Å²) in [5, 5.41) is 19.4. The molecule has 0 amide bonds. The molecule has 0 aliphatic carbocycles. The van der Waals surface area contributed by atoms with Crippen molar-refractivity contribution in [3.8, 4) is 0 Å². The summed E-state index contributed by atoms with van der Waals surface area (Å²) >= 11 is 0. The zero-order valence-corrected chi connectivity index (χ0v) is 16.3. The zero-order chi connectivity index (χ0) is 18.8. The highest BCUT2D eigenvalue weighted by molar-refractivity contribution is 5.13. The van der Waals surface area contributed by atoms with Gasteiger partial charge in [0.15, 0.2) is 5.82 Å². The molecule has 2 aliphatic rings. The highest BCUT2D eigenvalue weighted by atomic mass is 16.3. The van der Waals surface area contributed by atoms with Crippen LogP contribution in [0.3, 0.4) is 0 Å². The van der Waals surface area contributed by atoms with E-state index < -0.39 is 0 Å². The van der Waals surface area contributed by atoms with Gasteiger partial charge in [0.1, 0.15) is 5.82 Å². The first-order valence-electron chi connectivity index (χ1n) is 10.1. The average molecular weight is 371 g/mol. The number of hydrogen-bond donors (Lipinski definition) is 1. The lowest BCUT2D eigenvalue weighted by molar-refractivity contribution is 0.171. The molecule has 2 aliphatic heterocycles. The quantitative estimate of drug-likeness (QED) is 0.837. The summed E-state index contributed by atoms with van der Waals surface area (Å²) in [6.45, 7) is 9.99. The lowest BCUT2D eigenvalue weighted by Gasteiger charge is -2.30. The molecule has 1 N–H and O–H groups in total. The van der Waals surface area contributed by atoms with E-state index in [-0.39, 0.29) is 12.1 Å². The van der Waals surface area contributed by atoms with E-state index >= 15 is 0 Å². The maximum atomic E-state index is 10.3. The second-order valence-electron chi connectivity index (χ2n) is 8.27. The Labute approximate surface area is 161 Å². The Kier molecular flexibility index (Phi) is 5.52. The van der Waals surface area contributed by atoms with Crippen molar-refractivity contribution in [3.63, 3.8) is 0 Å². The molecule has 2 aromatic heterocycles. The Morgan fingerprint density at radius 2 is 2.00 bits per heavy atom. The van der Waals surface area contributed by atoms with Gasteiger partial charge >= 0.3 is 0 Å². The average Bonchev–Trinajstić information content (AvgIpc) is 3.23. The van der Waals surface area contributed by atoms with E-state index in [1.54, 1.807) is 0 Å². The standard InChI is InChI=1S/C20H30N6O/c1-15(2)5-8-24-9-10-26-19(14-24)22-23-20(26)18-11-17(27)13-25(18)12-16-3-6-21-7-4-16/h3-4,6-7,15,17-18,27H,5,8-14H2,1-2H3/t17-,18+/m1/s1. The molecule has 2 aromatic rings. The van der Waals surface area contributed by atoms with Crippen LogP contribution in [0.5, 0.6) is 0 Å². The third-order valence-electron chi connectivity index (χ3n) is 5.70. The molecule has 2 atom stereocenters. The first-order valence-corrected chi connectivity index (χ1v) is 10.1. The van der Waals surface area contributed by atoms with Gasteiger partial charge in [-0.25, -0.2) is 0 Å². The highest BCUT2D eigenvalue weighted by Gasteiger charge is 2.36. The van der Waals surface area contributed by atoms with Crippen molar-refractivity contribution in [3.05, 3.63) is 41.7 Å². The lowest BCUT2D eigenvalue weighted by Crippen LogP contribution is -2.36. The molecule has 0 aromatic carbocycles. The maximum absolute atomic E-state index is 10.3. The largest absolute Gasteiger partial charge is 0.392 e. The molecule has 1 fully saturated rings. The van der Waals surface area contributed by atoms with Gasteiger partial charge in [0, 0.05) is 38.6 Å². The third-order valence-corrected chi connectivity index (χ3v) is 5.70. The third kappa shape index (κ3) is 4.20. The van der Waals surface area contributed by atoms with Crippen LogP contribution in [0.1, 0.15) is 49.9 Å². The fraction of sp³-hybridized carbons (Fsp3) is 0.650. The number of rotatable bonds is 6. The molecular formula is C20H30N6O. The van der Waals surface area contributed by atoms with Gasteiger partial charge in [-0.1, -0.05) is 13.8 Å². The van der Waals surface area contributed by atoms with Gasteiger partial charge in [0.05, 0.1) is 18.7 Å². The van der Waals surface area contributed by atoms with Crippen molar-refractivity contribution in [1.82, 2.24) is 29.5 Å². The highest BCUT2D eigenvalue weighted by Crippen LogP contribution is 2.33. The van der Waals surface area contributed by atoms with Crippen LogP contribution in [0.25, 0.3) is 0 Å². The van der Waals surface area contributed by atoms with Crippen molar-refractivity contribution in [1.29, 1.82) is 0 Å². The Bertz CT molecular complexity index is 746. The molecule has 0 bridgehead atoms. The minimum atomic E-state index is -0.309. The molecule has 0 saturated carbocycles. The number of β-amino-alcohol motifs (C(OH)–C–C–N with tert-alkyl or cyclic N) is 1. The second kappa shape index (κ2) is 8.04. The van der Waals surface area contributed by atoms with E-state index in [0.29, 0.717) is 6.54 Å². The van der Waals surface area contributed by atoms with E-state index in [4.69, 9.17) is 0 Å². The molecule has 0 radical (unpaired) electrons. The van der Waals surface area contributed by atoms with E-state index in [0.717, 1.165) is 56.7 Å². The normalized spacial score (nSPS) is 23.9. The minimum Gasteiger partial charge on any atom is -0.392 e. The molecule has 7 nitrogen and oxygen atoms in total. The summed E-state index contributed by atoms with van der Waals surface area (Å²) in [6.07, 6.45) is 5.27. The van der Waals surface area contributed by atoms with Crippen molar-refractivity contribution < 1.29 is 5.11 Å². The molecule has 0 unspecified atom stereocenters. The minimum absolute atomic E-state index is 0.122. The van der Waals surface area contributed by atoms with Gasteiger partial charge in [-0.15, -0.1) is 10.2 Å². The van der Waals surface area contributed by atoms with Crippen LogP contribution in [0, 0.1) is 5.92 Å². The van der Waals surface area contributed by atoms with E-state index in [9.17, 15) is 5.11 Å². The number of aliphatic hydroxyl groups is 1. The van der Waals surface area contributed by atoms with Crippen LogP contribution in [0.15, 0.2) is 24.5 Å². The zero-order valence-electron chi connectivity index (χ0n) is 16.3. The number of fused-ring (bicyclic) bond motifs is 1. The Hall–Kier alpha value is -1.83. The van der Waals surface area contributed by atoms with Gasteiger partial charge in [-0.05, 0) is 43.0 Å². The smallest absolute Gasteiger partial charge is 0.150 e. The summed E-state index contributed by atoms with van der Waals surface area (Å²) in [5.74, 6) is 2.80. The van der Waals surface area contributed by atoms with Crippen LogP contribution in [-0.4, -0.2) is 60.4 Å². The molecule has 0 spiro atoms. The number of likely N-dealkylation sites (tertiary alicyclic amines) is 1. The monoisotopic (exact) mass is 370 g/mol.